The Kier molecular flexibility index (Phi) is 7.37. The summed E-state index contributed by atoms with van der Waals surface area (Å²) in [4.78, 5) is 25.6. The van der Waals surface area contributed by atoms with Gasteiger partial charge in [-0.3, -0.25) is 14.5 Å². The highest BCUT2D eigenvalue weighted by Crippen LogP contribution is 2.30. The van der Waals surface area contributed by atoms with E-state index in [9.17, 15) is 14.7 Å². The van der Waals surface area contributed by atoms with Crippen LogP contribution in [0.4, 0.5) is 0 Å². The molecule has 0 bridgehead atoms. The molecule has 0 aromatic heterocycles. The van der Waals surface area contributed by atoms with E-state index in [4.69, 9.17) is 0 Å². The van der Waals surface area contributed by atoms with Gasteiger partial charge >= 0.3 is 5.97 Å². The zero-order chi connectivity index (χ0) is 15.0. The van der Waals surface area contributed by atoms with Gasteiger partial charge in [0.2, 0.25) is 5.91 Å². The van der Waals surface area contributed by atoms with Crippen molar-refractivity contribution in [3.05, 3.63) is 0 Å². The maximum atomic E-state index is 11.9. The lowest BCUT2D eigenvalue weighted by Gasteiger charge is -2.27. The summed E-state index contributed by atoms with van der Waals surface area (Å²) >= 11 is 1.96. The number of hydrogen-bond donors (Lipinski definition) is 2. The molecule has 0 atom stereocenters. The van der Waals surface area contributed by atoms with E-state index in [0.717, 1.165) is 31.1 Å². The monoisotopic (exact) mass is 302 g/mol. The number of carbonyl (C=O) groups excluding carboxylic acids is 1. The Bertz CT molecular complexity index is 326. The molecule has 116 valence electrons. The van der Waals surface area contributed by atoms with E-state index in [1.807, 2.05) is 25.6 Å². The molecule has 1 saturated heterocycles. The summed E-state index contributed by atoms with van der Waals surface area (Å²) in [6.07, 6.45) is 1.04. The van der Waals surface area contributed by atoms with Crippen molar-refractivity contribution >= 4 is 23.6 Å². The van der Waals surface area contributed by atoms with Gasteiger partial charge in [-0.2, -0.15) is 11.8 Å². The van der Waals surface area contributed by atoms with Crippen LogP contribution in [-0.4, -0.2) is 59.6 Å². The standard InChI is InChI=1S/C14H26N2O3S/c1-3-14(4-2,13(18)19)11-12(17)15-5-6-16-7-9-20-10-8-16/h3-11H2,1-2H3,(H,15,17)(H,18,19). The van der Waals surface area contributed by atoms with Gasteiger partial charge in [0.25, 0.3) is 0 Å². The van der Waals surface area contributed by atoms with E-state index in [-0.39, 0.29) is 12.3 Å². The zero-order valence-corrected chi connectivity index (χ0v) is 13.3. The number of carbonyl (C=O) groups is 2. The number of hydrogen-bond acceptors (Lipinski definition) is 4. The first-order valence-corrected chi connectivity index (χ1v) is 8.49. The lowest BCUT2D eigenvalue weighted by atomic mass is 9.79. The number of thioether (sulfide) groups is 1. The summed E-state index contributed by atoms with van der Waals surface area (Å²) in [5, 5.41) is 12.2. The summed E-state index contributed by atoms with van der Waals surface area (Å²) in [5.41, 5.74) is -0.911. The average molecular weight is 302 g/mol. The van der Waals surface area contributed by atoms with Gasteiger partial charge in [-0.25, -0.2) is 0 Å². The molecule has 0 saturated carbocycles. The fourth-order valence-corrected chi connectivity index (χ4v) is 3.40. The van der Waals surface area contributed by atoms with Crippen molar-refractivity contribution in [3.8, 4) is 0 Å². The second kappa shape index (κ2) is 8.52. The van der Waals surface area contributed by atoms with Crippen LogP contribution in [0.5, 0.6) is 0 Å². The molecule has 1 aliphatic heterocycles. The largest absolute Gasteiger partial charge is 0.481 e. The molecule has 20 heavy (non-hydrogen) atoms. The molecule has 0 aromatic rings. The Hall–Kier alpha value is -0.750. The van der Waals surface area contributed by atoms with Crippen molar-refractivity contribution < 1.29 is 14.7 Å². The molecule has 0 aromatic carbocycles. The molecule has 0 aliphatic carbocycles. The van der Waals surface area contributed by atoms with Crippen LogP contribution in [0.2, 0.25) is 0 Å². The third-order valence-corrected chi connectivity index (χ3v) is 5.10. The second-order valence-electron chi connectivity index (χ2n) is 5.27. The molecule has 5 nitrogen and oxygen atoms in total. The maximum absolute atomic E-state index is 11.9. The molecule has 2 N–H and O–H groups in total. The predicted octanol–water partition coefficient (Wildman–Crippen LogP) is 1.43. The molecule has 0 radical (unpaired) electrons. The lowest BCUT2D eigenvalue weighted by molar-refractivity contribution is -0.152. The number of carboxylic acids is 1. The number of nitrogens with one attached hydrogen (secondary N) is 1. The first kappa shape index (κ1) is 17.3. The highest BCUT2D eigenvalue weighted by atomic mass is 32.2. The van der Waals surface area contributed by atoms with Crippen molar-refractivity contribution in [2.45, 2.75) is 33.1 Å². The van der Waals surface area contributed by atoms with Gasteiger partial charge in [0.1, 0.15) is 0 Å². The van der Waals surface area contributed by atoms with Crippen LogP contribution < -0.4 is 5.32 Å². The fraction of sp³-hybridized carbons (Fsp3) is 0.857. The highest BCUT2D eigenvalue weighted by molar-refractivity contribution is 7.99. The Morgan fingerprint density at radius 2 is 1.85 bits per heavy atom. The first-order chi connectivity index (χ1) is 9.54. The van der Waals surface area contributed by atoms with E-state index in [0.29, 0.717) is 19.4 Å². The number of amides is 1. The van der Waals surface area contributed by atoms with E-state index in [2.05, 4.69) is 10.2 Å². The van der Waals surface area contributed by atoms with Crippen molar-refractivity contribution in [2.75, 3.05) is 37.7 Å². The van der Waals surface area contributed by atoms with Crippen LogP contribution in [0.3, 0.4) is 0 Å². The van der Waals surface area contributed by atoms with Crippen LogP contribution >= 0.6 is 11.8 Å². The molecule has 1 heterocycles. The maximum Gasteiger partial charge on any atom is 0.310 e. The van der Waals surface area contributed by atoms with Crippen LogP contribution in [0.25, 0.3) is 0 Å². The summed E-state index contributed by atoms with van der Waals surface area (Å²) < 4.78 is 0. The summed E-state index contributed by atoms with van der Waals surface area (Å²) in [6, 6.07) is 0. The normalized spacial score (nSPS) is 16.9. The fourth-order valence-electron chi connectivity index (χ4n) is 2.43. The van der Waals surface area contributed by atoms with Gasteiger partial charge in [0.15, 0.2) is 0 Å². The third-order valence-electron chi connectivity index (χ3n) is 4.16. The molecule has 0 spiro atoms. The summed E-state index contributed by atoms with van der Waals surface area (Å²) in [7, 11) is 0. The topological polar surface area (TPSA) is 69.6 Å². The van der Waals surface area contributed by atoms with Crippen molar-refractivity contribution in [3.63, 3.8) is 0 Å². The second-order valence-corrected chi connectivity index (χ2v) is 6.50. The molecular formula is C14H26N2O3S. The van der Waals surface area contributed by atoms with Gasteiger partial charge in [-0.05, 0) is 12.8 Å². The van der Waals surface area contributed by atoms with Gasteiger partial charge in [-0.15, -0.1) is 0 Å². The Balaban J connectivity index is 2.32. The van der Waals surface area contributed by atoms with Gasteiger partial charge < -0.3 is 10.4 Å². The molecule has 1 amide bonds. The van der Waals surface area contributed by atoms with Gasteiger partial charge in [-0.1, -0.05) is 13.8 Å². The minimum absolute atomic E-state index is 0.0746. The molecular weight excluding hydrogens is 276 g/mol. The predicted molar refractivity (Wildman–Crippen MR) is 82.0 cm³/mol. The van der Waals surface area contributed by atoms with Crippen molar-refractivity contribution in [1.82, 2.24) is 10.2 Å². The molecule has 1 fully saturated rings. The van der Waals surface area contributed by atoms with E-state index in [1.54, 1.807) is 0 Å². The molecule has 1 aliphatic rings. The quantitative estimate of drug-likeness (QED) is 0.710. The minimum atomic E-state index is -0.911. The number of aliphatic carboxylic acids is 1. The SMILES string of the molecule is CCC(CC)(CC(=O)NCCN1CCSCC1)C(=O)O. The van der Waals surface area contributed by atoms with Gasteiger partial charge in [0, 0.05) is 44.1 Å². The van der Waals surface area contributed by atoms with Crippen LogP contribution in [-0.2, 0) is 9.59 Å². The smallest absolute Gasteiger partial charge is 0.310 e. The molecule has 0 unspecified atom stereocenters. The number of nitrogens with zero attached hydrogens (tertiary/aromatic N) is 1. The summed E-state index contributed by atoms with van der Waals surface area (Å²) in [5.74, 6) is 1.29. The Morgan fingerprint density at radius 1 is 1.25 bits per heavy atom. The van der Waals surface area contributed by atoms with Crippen molar-refractivity contribution in [2.24, 2.45) is 5.41 Å². The lowest BCUT2D eigenvalue weighted by Crippen LogP contribution is -2.41. The van der Waals surface area contributed by atoms with Gasteiger partial charge in [0.05, 0.1) is 5.41 Å². The minimum Gasteiger partial charge on any atom is -0.481 e. The average Bonchev–Trinajstić information content (AvgIpc) is 2.45. The zero-order valence-electron chi connectivity index (χ0n) is 12.5. The molecule has 1 rings (SSSR count). The van der Waals surface area contributed by atoms with Crippen LogP contribution in [0.1, 0.15) is 33.1 Å². The van der Waals surface area contributed by atoms with Crippen molar-refractivity contribution in [1.29, 1.82) is 0 Å². The van der Waals surface area contributed by atoms with E-state index >= 15 is 0 Å². The Labute approximate surface area is 125 Å². The highest BCUT2D eigenvalue weighted by Gasteiger charge is 2.36. The number of carboxylic acid groups (broad SMARTS) is 1. The molecule has 6 heteroatoms. The Morgan fingerprint density at radius 3 is 2.35 bits per heavy atom. The number of rotatable bonds is 8. The van der Waals surface area contributed by atoms with E-state index < -0.39 is 11.4 Å². The summed E-state index contributed by atoms with van der Waals surface area (Å²) in [6.45, 7) is 7.26. The van der Waals surface area contributed by atoms with Crippen LogP contribution in [0.15, 0.2) is 0 Å². The van der Waals surface area contributed by atoms with E-state index in [1.165, 1.54) is 0 Å². The van der Waals surface area contributed by atoms with Crippen LogP contribution in [0, 0.1) is 5.41 Å². The first-order valence-electron chi connectivity index (χ1n) is 7.34. The third kappa shape index (κ3) is 4.98.